The number of hydrogen-bond donors (Lipinski definition) is 2. The summed E-state index contributed by atoms with van der Waals surface area (Å²) in [6.45, 7) is 5.58. The summed E-state index contributed by atoms with van der Waals surface area (Å²) in [5, 5.41) is 4.92. The summed E-state index contributed by atoms with van der Waals surface area (Å²) in [7, 11) is 1.72. The van der Waals surface area contributed by atoms with E-state index in [1.54, 1.807) is 7.11 Å². The van der Waals surface area contributed by atoms with E-state index in [1.807, 2.05) is 6.07 Å². The lowest BCUT2D eigenvalue weighted by molar-refractivity contribution is 0.389. The zero-order chi connectivity index (χ0) is 12.7. The molecule has 96 valence electrons. The fourth-order valence-electron chi connectivity index (χ4n) is 2.93. The number of hydrogen-bond acceptors (Lipinski definition) is 2. The molecule has 1 aliphatic heterocycles. The van der Waals surface area contributed by atoms with Crippen molar-refractivity contribution in [3.05, 3.63) is 29.5 Å². The second-order valence-corrected chi connectivity index (χ2v) is 5.35. The van der Waals surface area contributed by atoms with Crippen LogP contribution in [-0.2, 0) is 6.42 Å². The Kier molecular flexibility index (Phi) is 2.78. The molecule has 1 atom stereocenters. The van der Waals surface area contributed by atoms with Crippen molar-refractivity contribution in [3.63, 3.8) is 0 Å². The Morgan fingerprint density at radius 3 is 2.89 bits per heavy atom. The number of rotatable bonds is 2. The molecule has 18 heavy (non-hydrogen) atoms. The van der Waals surface area contributed by atoms with Crippen LogP contribution >= 0.6 is 0 Å². The van der Waals surface area contributed by atoms with Crippen LogP contribution in [0, 0.1) is 5.92 Å². The third kappa shape index (κ3) is 1.70. The molecule has 1 aromatic heterocycles. The number of ether oxygens (including phenoxy) is 1. The fraction of sp³-hybridized carbons (Fsp3) is 0.467. The highest BCUT2D eigenvalue weighted by Crippen LogP contribution is 2.34. The molecule has 0 saturated heterocycles. The van der Waals surface area contributed by atoms with Crippen LogP contribution in [0.25, 0.3) is 10.9 Å². The predicted molar refractivity (Wildman–Crippen MR) is 74.1 cm³/mol. The van der Waals surface area contributed by atoms with E-state index in [4.69, 9.17) is 4.74 Å². The summed E-state index contributed by atoms with van der Waals surface area (Å²) in [5.74, 6) is 1.53. The Bertz CT molecular complexity index is 571. The van der Waals surface area contributed by atoms with Crippen LogP contribution < -0.4 is 10.1 Å². The van der Waals surface area contributed by atoms with Crippen LogP contribution in [0.2, 0.25) is 0 Å². The minimum atomic E-state index is 0.437. The minimum Gasteiger partial charge on any atom is -0.497 e. The number of methoxy groups -OCH3 is 1. The summed E-state index contributed by atoms with van der Waals surface area (Å²) >= 11 is 0. The maximum atomic E-state index is 5.33. The third-order valence-corrected chi connectivity index (χ3v) is 3.86. The summed E-state index contributed by atoms with van der Waals surface area (Å²) < 4.78 is 5.33. The SMILES string of the molecule is COc1ccc2[nH]c3c(c2c1)CCNC3C(C)C. The third-order valence-electron chi connectivity index (χ3n) is 3.86. The van der Waals surface area contributed by atoms with Gasteiger partial charge in [0.05, 0.1) is 7.11 Å². The van der Waals surface area contributed by atoms with Gasteiger partial charge in [0, 0.05) is 22.6 Å². The van der Waals surface area contributed by atoms with Crippen LogP contribution in [0.15, 0.2) is 18.2 Å². The largest absolute Gasteiger partial charge is 0.497 e. The van der Waals surface area contributed by atoms with Crippen LogP contribution in [0.4, 0.5) is 0 Å². The molecule has 3 heteroatoms. The molecule has 0 aliphatic carbocycles. The minimum absolute atomic E-state index is 0.437. The van der Waals surface area contributed by atoms with E-state index in [1.165, 1.54) is 22.2 Å². The van der Waals surface area contributed by atoms with E-state index in [2.05, 4.69) is 36.3 Å². The van der Waals surface area contributed by atoms with Gasteiger partial charge in [-0.3, -0.25) is 0 Å². The summed E-state index contributed by atoms with van der Waals surface area (Å²) in [4.78, 5) is 3.58. The fourth-order valence-corrected chi connectivity index (χ4v) is 2.93. The molecule has 3 rings (SSSR count). The maximum absolute atomic E-state index is 5.33. The first-order valence-corrected chi connectivity index (χ1v) is 6.62. The number of aromatic nitrogens is 1. The number of H-pyrrole nitrogens is 1. The molecular weight excluding hydrogens is 224 g/mol. The molecule has 0 bridgehead atoms. The molecule has 0 fully saturated rings. The molecule has 1 aromatic carbocycles. The molecular formula is C15H20N2O. The molecule has 1 aliphatic rings. The van der Waals surface area contributed by atoms with Crippen molar-refractivity contribution < 1.29 is 4.74 Å². The Balaban J connectivity index is 2.18. The Hall–Kier alpha value is -1.48. The van der Waals surface area contributed by atoms with E-state index in [-0.39, 0.29) is 0 Å². The first-order chi connectivity index (χ1) is 8.70. The van der Waals surface area contributed by atoms with Crippen molar-refractivity contribution in [2.45, 2.75) is 26.3 Å². The molecule has 2 heterocycles. The lowest BCUT2D eigenvalue weighted by Crippen LogP contribution is -2.32. The van der Waals surface area contributed by atoms with Gasteiger partial charge in [0.25, 0.3) is 0 Å². The van der Waals surface area contributed by atoms with Crippen molar-refractivity contribution in [2.75, 3.05) is 13.7 Å². The normalized spacial score (nSPS) is 19.2. The topological polar surface area (TPSA) is 37.0 Å². The van der Waals surface area contributed by atoms with E-state index in [9.17, 15) is 0 Å². The highest BCUT2D eigenvalue weighted by molar-refractivity contribution is 5.86. The van der Waals surface area contributed by atoms with Crippen molar-refractivity contribution in [3.8, 4) is 5.75 Å². The molecule has 2 N–H and O–H groups in total. The van der Waals surface area contributed by atoms with Crippen molar-refractivity contribution in [2.24, 2.45) is 5.92 Å². The van der Waals surface area contributed by atoms with Gasteiger partial charge in [-0.2, -0.15) is 0 Å². The van der Waals surface area contributed by atoms with E-state index in [0.717, 1.165) is 18.7 Å². The summed E-state index contributed by atoms with van der Waals surface area (Å²) in [6, 6.07) is 6.71. The highest BCUT2D eigenvalue weighted by Gasteiger charge is 2.25. The lowest BCUT2D eigenvalue weighted by Gasteiger charge is -2.27. The lowest BCUT2D eigenvalue weighted by atomic mass is 9.92. The zero-order valence-electron chi connectivity index (χ0n) is 11.2. The summed E-state index contributed by atoms with van der Waals surface area (Å²) in [5.41, 5.74) is 4.04. The van der Waals surface area contributed by atoms with E-state index < -0.39 is 0 Å². The van der Waals surface area contributed by atoms with Crippen LogP contribution in [-0.4, -0.2) is 18.6 Å². The second-order valence-electron chi connectivity index (χ2n) is 5.35. The molecule has 1 unspecified atom stereocenters. The number of fused-ring (bicyclic) bond motifs is 3. The molecule has 0 saturated carbocycles. The van der Waals surface area contributed by atoms with Gasteiger partial charge in [0.1, 0.15) is 5.75 Å². The van der Waals surface area contributed by atoms with Crippen LogP contribution in [0.1, 0.15) is 31.1 Å². The molecule has 0 spiro atoms. The monoisotopic (exact) mass is 244 g/mol. The van der Waals surface area contributed by atoms with Crippen molar-refractivity contribution in [1.29, 1.82) is 0 Å². The van der Waals surface area contributed by atoms with Gasteiger partial charge in [-0.25, -0.2) is 0 Å². The standard InChI is InChI=1S/C15H20N2O/c1-9(2)14-15-11(6-7-16-14)12-8-10(18-3)4-5-13(12)17-15/h4-5,8-9,14,16-17H,6-7H2,1-3H3. The van der Waals surface area contributed by atoms with E-state index >= 15 is 0 Å². The van der Waals surface area contributed by atoms with Crippen LogP contribution in [0.3, 0.4) is 0 Å². The number of aromatic amines is 1. The highest BCUT2D eigenvalue weighted by atomic mass is 16.5. The van der Waals surface area contributed by atoms with Crippen molar-refractivity contribution in [1.82, 2.24) is 10.3 Å². The smallest absolute Gasteiger partial charge is 0.119 e. The van der Waals surface area contributed by atoms with Gasteiger partial charge >= 0.3 is 0 Å². The number of benzene rings is 1. The number of nitrogens with one attached hydrogen (secondary N) is 2. The molecule has 3 nitrogen and oxygen atoms in total. The van der Waals surface area contributed by atoms with Gasteiger partial charge < -0.3 is 15.0 Å². The van der Waals surface area contributed by atoms with Gasteiger partial charge in [0.15, 0.2) is 0 Å². The van der Waals surface area contributed by atoms with E-state index in [0.29, 0.717) is 12.0 Å². The maximum Gasteiger partial charge on any atom is 0.119 e. The average molecular weight is 244 g/mol. The molecule has 0 amide bonds. The summed E-state index contributed by atoms with van der Waals surface area (Å²) in [6.07, 6.45) is 1.09. The Labute approximate surface area is 108 Å². The quantitative estimate of drug-likeness (QED) is 0.852. The van der Waals surface area contributed by atoms with Gasteiger partial charge in [0.2, 0.25) is 0 Å². The second kappa shape index (κ2) is 4.32. The van der Waals surface area contributed by atoms with Gasteiger partial charge in [-0.05, 0) is 42.6 Å². The predicted octanol–water partition coefficient (Wildman–Crippen LogP) is 3.02. The molecule has 2 aromatic rings. The van der Waals surface area contributed by atoms with Gasteiger partial charge in [-0.15, -0.1) is 0 Å². The first-order valence-electron chi connectivity index (χ1n) is 6.62. The Morgan fingerprint density at radius 2 is 2.17 bits per heavy atom. The van der Waals surface area contributed by atoms with Crippen LogP contribution in [0.5, 0.6) is 5.75 Å². The zero-order valence-corrected chi connectivity index (χ0v) is 11.2. The Morgan fingerprint density at radius 1 is 1.33 bits per heavy atom. The average Bonchev–Trinajstić information content (AvgIpc) is 2.75. The van der Waals surface area contributed by atoms with Crippen molar-refractivity contribution >= 4 is 10.9 Å². The first kappa shape index (κ1) is 11.6. The van der Waals surface area contributed by atoms with Gasteiger partial charge in [-0.1, -0.05) is 13.8 Å². The molecule has 0 radical (unpaired) electrons.